The highest BCUT2D eigenvalue weighted by molar-refractivity contribution is 5.89. The summed E-state index contributed by atoms with van der Waals surface area (Å²) in [6.45, 7) is 43.3. The van der Waals surface area contributed by atoms with E-state index in [9.17, 15) is 41.0 Å². The quantitative estimate of drug-likeness (QED) is 0.0413. The summed E-state index contributed by atoms with van der Waals surface area (Å²) in [5, 5.41) is 9.27. The van der Waals surface area contributed by atoms with Gasteiger partial charge in [-0.05, 0) is 209 Å². The van der Waals surface area contributed by atoms with E-state index in [2.05, 4.69) is 143 Å². The first-order chi connectivity index (χ1) is 40.0. The lowest BCUT2D eigenvalue weighted by atomic mass is 9.83. The fourth-order valence-electron chi connectivity index (χ4n) is 7.72. The van der Waals surface area contributed by atoms with E-state index in [-0.39, 0.29) is 105 Å². The highest BCUT2D eigenvalue weighted by Gasteiger charge is 2.78. The topological polar surface area (TPSA) is 119 Å². The minimum atomic E-state index is -6.06. The van der Waals surface area contributed by atoms with Crippen molar-refractivity contribution in [2.45, 2.75) is 343 Å². The minimum Gasteiger partial charge on any atom is -0.488 e. The number of ether oxygens (including phenoxy) is 7. The lowest BCUT2D eigenvalue weighted by molar-refractivity contribution is -0.408. The van der Waals surface area contributed by atoms with Gasteiger partial charge in [0.2, 0.25) is 6.29 Å². The minimum absolute atomic E-state index is 0. The van der Waals surface area contributed by atoms with Crippen LogP contribution in [0.2, 0.25) is 0 Å². The number of methoxy groups -OCH3 is 1. The van der Waals surface area contributed by atoms with Gasteiger partial charge in [0.1, 0.15) is 28.5 Å². The van der Waals surface area contributed by atoms with Crippen molar-refractivity contribution < 1.29 is 74.2 Å². The van der Waals surface area contributed by atoms with Gasteiger partial charge in [0, 0.05) is 19.6 Å². The summed E-state index contributed by atoms with van der Waals surface area (Å²) < 4.78 is 114. The molecule has 0 aliphatic rings. The van der Waals surface area contributed by atoms with Crippen LogP contribution in [0.15, 0.2) is 97.1 Å². The number of alkyl halides is 6. The van der Waals surface area contributed by atoms with Crippen molar-refractivity contribution in [3.05, 3.63) is 125 Å². The van der Waals surface area contributed by atoms with Gasteiger partial charge < -0.3 is 38.3 Å². The van der Waals surface area contributed by atoms with Crippen molar-refractivity contribution in [3.63, 3.8) is 0 Å². The number of hydrogen-bond acceptors (Lipinski definition) is 10. The second-order valence-corrected chi connectivity index (χ2v) is 25.2. The maximum Gasteiger partial charge on any atom is 0.430 e. The normalized spacial score (nSPS) is 12.8. The maximum atomic E-state index is 12.8. The number of rotatable bonds is 24. The molecule has 0 heterocycles. The Balaban J connectivity index is -0.000000104. The molecule has 4 aromatic rings. The summed E-state index contributed by atoms with van der Waals surface area (Å²) in [4.78, 5) is 23.5. The molecule has 97 heavy (non-hydrogen) atoms. The van der Waals surface area contributed by atoms with Crippen molar-refractivity contribution >= 4 is 11.9 Å². The molecule has 0 aliphatic carbocycles. The van der Waals surface area contributed by atoms with Gasteiger partial charge in [-0.2, -0.15) is 26.3 Å². The van der Waals surface area contributed by atoms with Crippen LogP contribution in [0.25, 0.3) is 0 Å². The van der Waals surface area contributed by atoms with E-state index in [1.54, 1.807) is 7.11 Å². The predicted molar refractivity (Wildman–Crippen MR) is 407 cm³/mol. The summed E-state index contributed by atoms with van der Waals surface area (Å²) >= 11 is 0. The molecule has 0 fully saturated rings. The average molecular weight is 1400 g/mol. The number of esters is 2. The molecule has 4 rings (SSSR count). The van der Waals surface area contributed by atoms with E-state index in [0.717, 1.165) is 42.9 Å². The monoisotopic (exact) mass is 1400 g/mol. The van der Waals surface area contributed by atoms with Crippen LogP contribution in [0.3, 0.4) is 0 Å². The number of aliphatic hydroxyl groups is 1. The maximum absolute atomic E-state index is 12.8. The van der Waals surface area contributed by atoms with Crippen LogP contribution in [-0.4, -0.2) is 78.1 Å². The van der Waals surface area contributed by atoms with Gasteiger partial charge in [-0.15, -0.1) is 0 Å². The van der Waals surface area contributed by atoms with Crippen LogP contribution in [0.5, 0.6) is 17.2 Å². The van der Waals surface area contributed by atoms with Crippen molar-refractivity contribution in [1.29, 1.82) is 0 Å². The molecule has 0 spiro atoms. The molecule has 6 unspecified atom stereocenters. The van der Waals surface area contributed by atoms with Crippen LogP contribution in [0.1, 0.15) is 328 Å². The largest absolute Gasteiger partial charge is 0.488 e. The first-order valence-electron chi connectivity index (χ1n) is 30.9. The van der Waals surface area contributed by atoms with Crippen LogP contribution < -0.4 is 14.2 Å². The second kappa shape index (κ2) is 52.7. The van der Waals surface area contributed by atoms with Gasteiger partial charge in [-0.25, -0.2) is 4.79 Å². The molecule has 0 radical (unpaired) electrons. The molecule has 0 saturated carbocycles. The third-order valence-corrected chi connectivity index (χ3v) is 15.4. The van der Waals surface area contributed by atoms with Crippen LogP contribution in [-0.2, 0) is 23.7 Å². The summed E-state index contributed by atoms with van der Waals surface area (Å²) in [7, 11) is 1.68. The molecular weight excluding hydrogens is 1250 g/mol. The van der Waals surface area contributed by atoms with Crippen LogP contribution in [0, 0.1) is 11.3 Å². The zero-order valence-corrected chi connectivity index (χ0v) is 57.1. The Morgan fingerprint density at radius 1 is 0.443 bits per heavy atom. The molecule has 0 amide bonds. The average Bonchev–Trinajstić information content (AvgIpc) is 0.731. The molecule has 0 aliphatic heterocycles. The Kier molecular flexibility index (Phi) is 62.9. The molecule has 576 valence electrons. The summed E-state index contributed by atoms with van der Waals surface area (Å²) in [6, 6.07) is 32.8. The molecule has 0 saturated heterocycles. The Labute approximate surface area is 593 Å². The molecule has 0 aromatic heterocycles. The summed E-state index contributed by atoms with van der Waals surface area (Å²) in [6.07, 6.45) is -6.73. The molecule has 10 nitrogen and oxygen atoms in total. The Morgan fingerprint density at radius 2 is 0.753 bits per heavy atom. The van der Waals surface area contributed by atoms with E-state index in [4.69, 9.17) is 28.4 Å². The highest BCUT2D eigenvalue weighted by Crippen LogP contribution is 2.51. The van der Waals surface area contributed by atoms with E-state index in [0.29, 0.717) is 55.6 Å². The van der Waals surface area contributed by atoms with Gasteiger partial charge in [0.15, 0.2) is 11.9 Å². The van der Waals surface area contributed by atoms with Crippen LogP contribution in [0.4, 0.5) is 26.3 Å². The lowest BCUT2D eigenvalue weighted by Gasteiger charge is -2.44. The summed E-state index contributed by atoms with van der Waals surface area (Å²) in [5.74, 6) is 3.91. The predicted octanol–water partition coefficient (Wildman–Crippen LogP) is 27.1. The van der Waals surface area contributed by atoms with Crippen molar-refractivity contribution in [1.82, 2.24) is 0 Å². The van der Waals surface area contributed by atoms with Crippen molar-refractivity contribution in [3.8, 4) is 17.2 Å². The van der Waals surface area contributed by atoms with E-state index in [1.807, 2.05) is 83.1 Å². The zero-order chi connectivity index (χ0) is 67.5. The number of benzene rings is 4. The SMILES string of the molecule is C.C.C.C.C.C.C.C.C.C.CCC(C)(C)C(=O)OC(C)(C)C(O)(C(F)(F)F)C(F)(F)F.CCC(C)c1ccc(C(=O)OC(C)(C)C)cc1.CCC(C)c1ccc(OC(C)(C)CC)cc1.CCC(C)c1ccc(OC(OC)C(C)C)cc1.CCOC(C)Oc1ccc(C(C)CC)cc1. The Hall–Kier alpha value is -5.32. The first-order valence-corrected chi connectivity index (χ1v) is 30.9. The highest BCUT2D eigenvalue weighted by atomic mass is 19.4. The third-order valence-electron chi connectivity index (χ3n) is 15.4. The fraction of sp³-hybridized carbons (Fsp3) is 0.679. The molecule has 1 N–H and O–H groups in total. The number of carbonyl (C=O) groups excluding carboxylic acids is 2. The third kappa shape index (κ3) is 39.9. The first kappa shape index (κ1) is 116. The van der Waals surface area contributed by atoms with Crippen molar-refractivity contribution in [2.75, 3.05) is 13.7 Å². The summed E-state index contributed by atoms with van der Waals surface area (Å²) in [5.41, 5.74) is -4.22. The Bertz CT molecular complexity index is 2500. The second-order valence-electron chi connectivity index (χ2n) is 25.2. The van der Waals surface area contributed by atoms with Gasteiger partial charge in [0.25, 0.3) is 5.60 Å². The number of halogens is 6. The molecule has 16 heteroatoms. The van der Waals surface area contributed by atoms with Gasteiger partial charge in [0.05, 0.1) is 11.0 Å². The standard InChI is InChI=1S/C15H22O2.C15H24O2.C15H24O.C14H22O2.C12H18F6O3.10CH4/c1-6-11(2)12-7-9-13(10-8-12)14(16)17-15(3,4)5;1-6-12(4)13-7-9-14(10-8-13)17-15(16-5)11(2)3;1-6-12(3)13-8-10-14(11-9-13)16-15(4,5)7-2;1-5-11(3)13-7-9-14(10-8-13)16-12(4)15-6-2;1-6-8(2,3)7(19)21-9(4,5)10(20,11(13,14)15)12(16,17)18;;;;;;;;;;/h7-11H,6H2,1-5H3;7-12,15H,6H2,1-5H3;8-12H,6-7H2,1-5H3;7-12H,5-6H2,1-4H3;20H,6H2,1-5H3;10*1H4. The fourth-order valence-corrected chi connectivity index (χ4v) is 7.72. The van der Waals surface area contributed by atoms with E-state index in [1.165, 1.54) is 49.4 Å². The van der Waals surface area contributed by atoms with Gasteiger partial charge >= 0.3 is 24.3 Å². The molecular formula is C81H150F6O10. The zero-order valence-electron chi connectivity index (χ0n) is 57.1. The smallest absolute Gasteiger partial charge is 0.430 e. The number of carbonyl (C=O) groups is 2. The lowest BCUT2D eigenvalue weighted by Crippen LogP contribution is -2.70. The number of hydrogen-bond donors (Lipinski definition) is 1. The molecule has 4 aromatic carbocycles. The van der Waals surface area contributed by atoms with Crippen LogP contribution >= 0.6 is 0 Å². The molecule has 0 bridgehead atoms. The van der Waals surface area contributed by atoms with Gasteiger partial charge in [-0.1, -0.05) is 206 Å². The van der Waals surface area contributed by atoms with E-state index < -0.39 is 40.5 Å². The van der Waals surface area contributed by atoms with Gasteiger partial charge in [-0.3, -0.25) is 4.79 Å². The molecule has 6 atom stereocenters. The van der Waals surface area contributed by atoms with E-state index >= 15 is 0 Å². The Morgan fingerprint density at radius 3 is 1.01 bits per heavy atom. The van der Waals surface area contributed by atoms with Crippen molar-refractivity contribution in [2.24, 2.45) is 11.3 Å².